The minimum atomic E-state index is -0.488. The SMILES string of the molecule is CCN1CCOC(CN2CC(O)CC2=O)C1. The number of carbonyl (C=O) groups is 1. The maximum Gasteiger partial charge on any atom is 0.225 e. The second kappa shape index (κ2) is 5.12. The average molecular weight is 228 g/mol. The summed E-state index contributed by atoms with van der Waals surface area (Å²) in [5, 5.41) is 9.38. The van der Waals surface area contributed by atoms with E-state index in [2.05, 4.69) is 11.8 Å². The van der Waals surface area contributed by atoms with Crippen LogP contribution in [-0.2, 0) is 9.53 Å². The van der Waals surface area contributed by atoms with E-state index in [1.54, 1.807) is 4.90 Å². The molecule has 0 bridgehead atoms. The van der Waals surface area contributed by atoms with Gasteiger partial charge in [0.25, 0.3) is 0 Å². The molecule has 2 fully saturated rings. The van der Waals surface area contributed by atoms with E-state index in [4.69, 9.17) is 4.74 Å². The highest BCUT2D eigenvalue weighted by Gasteiger charge is 2.31. The third-order valence-corrected chi connectivity index (χ3v) is 3.29. The number of nitrogens with zero attached hydrogens (tertiary/aromatic N) is 2. The predicted molar refractivity (Wildman–Crippen MR) is 59.1 cm³/mol. The van der Waals surface area contributed by atoms with Crippen LogP contribution in [0.2, 0.25) is 0 Å². The van der Waals surface area contributed by atoms with Crippen molar-refractivity contribution in [2.75, 3.05) is 39.3 Å². The summed E-state index contributed by atoms with van der Waals surface area (Å²) in [6.45, 7) is 6.84. The van der Waals surface area contributed by atoms with Gasteiger partial charge in [0, 0.05) is 26.2 Å². The van der Waals surface area contributed by atoms with Gasteiger partial charge < -0.3 is 14.7 Å². The van der Waals surface area contributed by atoms with Crippen LogP contribution in [0.25, 0.3) is 0 Å². The summed E-state index contributed by atoms with van der Waals surface area (Å²) >= 11 is 0. The normalized spacial score (nSPS) is 32.4. The maximum atomic E-state index is 11.5. The van der Waals surface area contributed by atoms with Gasteiger partial charge in [-0.05, 0) is 6.54 Å². The molecule has 0 saturated carbocycles. The van der Waals surface area contributed by atoms with Crippen molar-refractivity contribution in [3.8, 4) is 0 Å². The van der Waals surface area contributed by atoms with E-state index in [0.29, 0.717) is 13.1 Å². The molecule has 0 aromatic heterocycles. The molecule has 2 unspecified atom stereocenters. The van der Waals surface area contributed by atoms with Crippen LogP contribution in [0.3, 0.4) is 0 Å². The van der Waals surface area contributed by atoms with Crippen LogP contribution in [0.5, 0.6) is 0 Å². The van der Waals surface area contributed by atoms with Crippen molar-refractivity contribution in [3.05, 3.63) is 0 Å². The molecule has 5 heteroatoms. The van der Waals surface area contributed by atoms with Gasteiger partial charge >= 0.3 is 0 Å². The van der Waals surface area contributed by atoms with E-state index in [1.165, 1.54) is 0 Å². The highest BCUT2D eigenvalue weighted by Crippen LogP contribution is 2.14. The van der Waals surface area contributed by atoms with Crippen LogP contribution in [-0.4, -0.2) is 72.4 Å². The van der Waals surface area contributed by atoms with Crippen LogP contribution in [0.15, 0.2) is 0 Å². The molecule has 0 aromatic rings. The lowest BCUT2D eigenvalue weighted by Gasteiger charge is -2.34. The first-order valence-corrected chi connectivity index (χ1v) is 5.99. The smallest absolute Gasteiger partial charge is 0.225 e. The Morgan fingerprint density at radius 2 is 2.31 bits per heavy atom. The van der Waals surface area contributed by atoms with Crippen molar-refractivity contribution in [2.24, 2.45) is 0 Å². The van der Waals surface area contributed by atoms with E-state index < -0.39 is 6.10 Å². The fourth-order valence-electron chi connectivity index (χ4n) is 2.35. The number of morpholine rings is 1. The lowest BCUT2D eigenvalue weighted by Crippen LogP contribution is -2.47. The van der Waals surface area contributed by atoms with E-state index in [0.717, 1.165) is 26.2 Å². The lowest BCUT2D eigenvalue weighted by atomic mass is 10.2. The Morgan fingerprint density at radius 1 is 1.50 bits per heavy atom. The lowest BCUT2D eigenvalue weighted by molar-refractivity contribution is -0.130. The molecule has 0 spiro atoms. The second-order valence-electron chi connectivity index (χ2n) is 4.54. The van der Waals surface area contributed by atoms with E-state index in [1.807, 2.05) is 0 Å². The highest BCUT2D eigenvalue weighted by atomic mass is 16.5. The molecule has 5 nitrogen and oxygen atoms in total. The molecule has 2 rings (SSSR count). The van der Waals surface area contributed by atoms with Gasteiger partial charge in [-0.15, -0.1) is 0 Å². The zero-order chi connectivity index (χ0) is 11.5. The quantitative estimate of drug-likeness (QED) is 0.694. The van der Waals surface area contributed by atoms with E-state index in [9.17, 15) is 9.90 Å². The Morgan fingerprint density at radius 3 is 2.94 bits per heavy atom. The summed E-state index contributed by atoms with van der Waals surface area (Å²) in [6, 6.07) is 0. The number of β-amino-alcohol motifs (C(OH)–C–C–N with tert-alkyl or cyclic N) is 1. The van der Waals surface area contributed by atoms with Crippen molar-refractivity contribution < 1.29 is 14.6 Å². The zero-order valence-electron chi connectivity index (χ0n) is 9.76. The molecule has 2 aliphatic heterocycles. The summed E-state index contributed by atoms with van der Waals surface area (Å²) in [6.07, 6.45) is -0.120. The van der Waals surface area contributed by atoms with Crippen molar-refractivity contribution in [2.45, 2.75) is 25.6 Å². The number of aliphatic hydroxyl groups excluding tert-OH is 1. The molecule has 0 aliphatic carbocycles. The Labute approximate surface area is 96.0 Å². The number of rotatable bonds is 3. The molecule has 2 saturated heterocycles. The van der Waals surface area contributed by atoms with Gasteiger partial charge in [0.15, 0.2) is 0 Å². The molecule has 92 valence electrons. The van der Waals surface area contributed by atoms with E-state index >= 15 is 0 Å². The number of ether oxygens (including phenoxy) is 1. The topological polar surface area (TPSA) is 53.0 Å². The summed E-state index contributed by atoms with van der Waals surface area (Å²) in [5.41, 5.74) is 0. The van der Waals surface area contributed by atoms with Crippen LogP contribution in [0, 0.1) is 0 Å². The Bertz CT molecular complexity index is 260. The van der Waals surface area contributed by atoms with Gasteiger partial charge in [0.2, 0.25) is 5.91 Å². The molecular formula is C11H20N2O3. The Kier molecular flexibility index (Phi) is 3.78. The predicted octanol–water partition coefficient (Wildman–Crippen LogP) is -0.700. The molecule has 0 aromatic carbocycles. The average Bonchev–Trinajstić information content (AvgIpc) is 2.58. The van der Waals surface area contributed by atoms with Crippen LogP contribution in [0.1, 0.15) is 13.3 Å². The number of likely N-dealkylation sites (tertiary alicyclic amines) is 1. The van der Waals surface area contributed by atoms with Gasteiger partial charge in [0.1, 0.15) is 0 Å². The van der Waals surface area contributed by atoms with Crippen molar-refractivity contribution in [3.63, 3.8) is 0 Å². The van der Waals surface area contributed by atoms with Crippen molar-refractivity contribution in [1.29, 1.82) is 0 Å². The number of aliphatic hydroxyl groups is 1. The Balaban J connectivity index is 1.82. The summed E-state index contributed by atoms with van der Waals surface area (Å²) in [7, 11) is 0. The van der Waals surface area contributed by atoms with Gasteiger partial charge in [0.05, 0.1) is 25.2 Å². The van der Waals surface area contributed by atoms with E-state index in [-0.39, 0.29) is 18.4 Å². The van der Waals surface area contributed by atoms with Crippen LogP contribution >= 0.6 is 0 Å². The maximum absolute atomic E-state index is 11.5. The third kappa shape index (κ3) is 2.72. The van der Waals surface area contributed by atoms with Crippen molar-refractivity contribution >= 4 is 5.91 Å². The second-order valence-corrected chi connectivity index (χ2v) is 4.54. The molecule has 0 radical (unpaired) electrons. The van der Waals surface area contributed by atoms with Gasteiger partial charge in [-0.2, -0.15) is 0 Å². The largest absolute Gasteiger partial charge is 0.391 e. The Hall–Kier alpha value is -0.650. The van der Waals surface area contributed by atoms with Crippen molar-refractivity contribution in [1.82, 2.24) is 9.80 Å². The fourth-order valence-corrected chi connectivity index (χ4v) is 2.35. The van der Waals surface area contributed by atoms with Gasteiger partial charge in [-0.25, -0.2) is 0 Å². The molecule has 1 N–H and O–H groups in total. The number of hydrogen-bond donors (Lipinski definition) is 1. The minimum absolute atomic E-state index is 0.0460. The van der Waals surface area contributed by atoms with Gasteiger partial charge in [-0.1, -0.05) is 6.92 Å². The number of likely N-dealkylation sites (N-methyl/N-ethyl adjacent to an activating group) is 1. The highest BCUT2D eigenvalue weighted by molar-refractivity contribution is 5.79. The molecular weight excluding hydrogens is 208 g/mol. The molecule has 2 heterocycles. The first kappa shape index (κ1) is 11.8. The summed E-state index contributed by atoms with van der Waals surface area (Å²) in [5.74, 6) is 0.0460. The standard InChI is InChI=1S/C11H20N2O3/c1-2-12-3-4-16-10(7-12)8-13-6-9(14)5-11(13)15/h9-10,14H,2-8H2,1H3. The minimum Gasteiger partial charge on any atom is -0.391 e. The number of amides is 1. The third-order valence-electron chi connectivity index (χ3n) is 3.29. The summed E-state index contributed by atoms with van der Waals surface area (Å²) in [4.78, 5) is 15.5. The van der Waals surface area contributed by atoms with Crippen LogP contribution < -0.4 is 0 Å². The number of carbonyl (C=O) groups excluding carboxylic acids is 1. The van der Waals surface area contributed by atoms with Gasteiger partial charge in [-0.3, -0.25) is 9.69 Å². The summed E-state index contributed by atoms with van der Waals surface area (Å²) < 4.78 is 5.64. The fraction of sp³-hybridized carbons (Fsp3) is 0.909. The molecule has 16 heavy (non-hydrogen) atoms. The first-order valence-electron chi connectivity index (χ1n) is 5.99. The molecule has 2 atom stereocenters. The molecule has 2 aliphatic rings. The number of hydrogen-bond acceptors (Lipinski definition) is 4. The van der Waals surface area contributed by atoms with Crippen LogP contribution in [0.4, 0.5) is 0 Å². The first-order chi connectivity index (χ1) is 7.69. The zero-order valence-corrected chi connectivity index (χ0v) is 9.76. The monoisotopic (exact) mass is 228 g/mol. The molecule has 1 amide bonds.